The zero-order chi connectivity index (χ0) is 10.6. The van der Waals surface area contributed by atoms with Crippen molar-refractivity contribution in [3.63, 3.8) is 0 Å². The summed E-state index contributed by atoms with van der Waals surface area (Å²) in [6.07, 6.45) is -1.27. The molecule has 0 aliphatic rings. The van der Waals surface area contributed by atoms with Crippen LogP contribution >= 0.6 is 0 Å². The van der Waals surface area contributed by atoms with Gasteiger partial charge in [0.05, 0.1) is 0 Å². The van der Waals surface area contributed by atoms with Gasteiger partial charge in [-0.25, -0.2) is 0 Å². The molecule has 0 bridgehead atoms. The molecule has 0 fully saturated rings. The fourth-order valence-electron chi connectivity index (χ4n) is 1.15. The van der Waals surface area contributed by atoms with E-state index in [0.29, 0.717) is 5.56 Å². The minimum absolute atomic E-state index is 0.434. The first-order valence-electron chi connectivity index (χ1n) is 4.14. The van der Waals surface area contributed by atoms with E-state index in [1.165, 1.54) is 0 Å². The normalized spacial score (nSPS) is 14.7. The smallest absolute Gasteiger partial charge is 0.265 e. The Morgan fingerprint density at radius 2 is 1.93 bits per heavy atom. The van der Waals surface area contributed by atoms with Gasteiger partial charge >= 0.3 is 0 Å². The van der Waals surface area contributed by atoms with Gasteiger partial charge in [0, 0.05) is 4.92 Å². The number of aliphatic hydroxyl groups is 2. The fraction of sp³-hybridized carbons (Fsp3) is 0.333. The van der Waals surface area contributed by atoms with E-state index in [9.17, 15) is 15.2 Å². The van der Waals surface area contributed by atoms with Gasteiger partial charge in [0.1, 0.15) is 12.7 Å². The Morgan fingerprint density at radius 3 is 2.36 bits per heavy atom. The average molecular weight is 197 g/mol. The predicted octanol–water partition coefficient (Wildman–Crippen LogP) is 0.358. The van der Waals surface area contributed by atoms with Crippen LogP contribution in [-0.4, -0.2) is 27.8 Å². The van der Waals surface area contributed by atoms with Gasteiger partial charge in [-0.1, -0.05) is 30.3 Å². The summed E-state index contributed by atoms with van der Waals surface area (Å²) in [5.41, 5.74) is 0.434. The number of nitrogens with zero attached hydrogens (tertiary/aromatic N) is 1. The summed E-state index contributed by atoms with van der Waals surface area (Å²) in [6, 6.07) is 6.89. The van der Waals surface area contributed by atoms with Crippen LogP contribution in [0.2, 0.25) is 0 Å². The summed E-state index contributed by atoms with van der Waals surface area (Å²) in [5, 5.41) is 28.7. The average Bonchev–Trinajstić information content (AvgIpc) is 2.19. The lowest BCUT2D eigenvalue weighted by atomic mass is 10.0. The van der Waals surface area contributed by atoms with E-state index in [2.05, 4.69) is 0 Å². The van der Waals surface area contributed by atoms with E-state index in [1.807, 2.05) is 0 Å². The van der Waals surface area contributed by atoms with Gasteiger partial charge in [-0.2, -0.15) is 0 Å². The van der Waals surface area contributed by atoms with Crippen LogP contribution in [0.1, 0.15) is 11.7 Å². The van der Waals surface area contributed by atoms with Gasteiger partial charge in [-0.15, -0.1) is 0 Å². The van der Waals surface area contributed by atoms with Gasteiger partial charge < -0.3 is 10.2 Å². The second-order valence-corrected chi connectivity index (χ2v) is 2.89. The van der Waals surface area contributed by atoms with E-state index in [0.717, 1.165) is 0 Å². The molecule has 14 heavy (non-hydrogen) atoms. The Morgan fingerprint density at radius 1 is 1.36 bits per heavy atom. The highest BCUT2D eigenvalue weighted by molar-refractivity contribution is 5.18. The van der Waals surface area contributed by atoms with E-state index in [-0.39, 0.29) is 0 Å². The van der Waals surface area contributed by atoms with Crippen LogP contribution in [0.25, 0.3) is 0 Å². The molecule has 2 atom stereocenters. The summed E-state index contributed by atoms with van der Waals surface area (Å²) >= 11 is 0. The molecule has 0 heterocycles. The van der Waals surface area contributed by atoms with Crippen molar-refractivity contribution in [3.8, 4) is 0 Å². The van der Waals surface area contributed by atoms with Crippen molar-refractivity contribution in [2.24, 2.45) is 0 Å². The first-order chi connectivity index (χ1) is 6.66. The van der Waals surface area contributed by atoms with Gasteiger partial charge in [0.2, 0.25) is 0 Å². The third-order valence-electron chi connectivity index (χ3n) is 1.96. The molecule has 76 valence electrons. The Balaban J connectivity index is 2.83. The molecule has 0 saturated heterocycles. The second kappa shape index (κ2) is 4.69. The van der Waals surface area contributed by atoms with Crippen LogP contribution in [0.4, 0.5) is 0 Å². The largest absolute Gasteiger partial charge is 0.389 e. The quantitative estimate of drug-likeness (QED) is 0.539. The fourth-order valence-corrected chi connectivity index (χ4v) is 1.15. The van der Waals surface area contributed by atoms with E-state index in [4.69, 9.17) is 5.11 Å². The molecule has 0 saturated carbocycles. The first-order valence-corrected chi connectivity index (χ1v) is 4.14. The molecule has 1 aromatic carbocycles. The van der Waals surface area contributed by atoms with E-state index in [1.54, 1.807) is 30.3 Å². The minimum atomic E-state index is -1.36. The monoisotopic (exact) mass is 197 g/mol. The Hall–Kier alpha value is -1.46. The predicted molar refractivity (Wildman–Crippen MR) is 49.3 cm³/mol. The van der Waals surface area contributed by atoms with Crippen molar-refractivity contribution in [2.45, 2.75) is 12.1 Å². The van der Waals surface area contributed by atoms with E-state index >= 15 is 0 Å². The van der Waals surface area contributed by atoms with Crippen LogP contribution in [0, 0.1) is 10.1 Å². The van der Waals surface area contributed by atoms with Crippen molar-refractivity contribution in [2.75, 3.05) is 6.61 Å². The summed E-state index contributed by atoms with van der Waals surface area (Å²) in [7, 11) is 0. The zero-order valence-corrected chi connectivity index (χ0v) is 7.41. The highest BCUT2D eigenvalue weighted by Crippen LogP contribution is 2.17. The topological polar surface area (TPSA) is 83.6 Å². The molecule has 0 radical (unpaired) electrons. The number of rotatable bonds is 4. The van der Waals surface area contributed by atoms with Crippen LogP contribution in [0.3, 0.4) is 0 Å². The van der Waals surface area contributed by atoms with Gasteiger partial charge in [0.15, 0.2) is 0 Å². The highest BCUT2D eigenvalue weighted by atomic mass is 16.6. The third kappa shape index (κ3) is 2.27. The molecule has 0 aliphatic carbocycles. The molecule has 1 rings (SSSR count). The van der Waals surface area contributed by atoms with Crippen molar-refractivity contribution >= 4 is 0 Å². The standard InChI is InChI=1S/C9H11NO4/c11-6-8(10(13)14)9(12)7-4-2-1-3-5-7/h1-5,8-9,11-12H,6H2/t8-,9+/m0/s1. The Bertz CT molecular complexity index is 301. The van der Waals surface area contributed by atoms with Gasteiger partial charge in [0.25, 0.3) is 6.04 Å². The second-order valence-electron chi connectivity index (χ2n) is 2.89. The molecule has 5 heteroatoms. The number of hydrogen-bond acceptors (Lipinski definition) is 4. The van der Waals surface area contributed by atoms with Gasteiger partial charge in [-0.05, 0) is 5.56 Å². The molecular formula is C9H11NO4. The maximum absolute atomic E-state index is 10.4. The Kier molecular flexibility index (Phi) is 3.55. The minimum Gasteiger partial charge on any atom is -0.389 e. The molecule has 0 unspecified atom stereocenters. The molecule has 1 aromatic rings. The van der Waals surface area contributed by atoms with Crippen LogP contribution < -0.4 is 0 Å². The molecular weight excluding hydrogens is 186 g/mol. The van der Waals surface area contributed by atoms with Gasteiger partial charge in [-0.3, -0.25) is 10.1 Å². The molecule has 0 aliphatic heterocycles. The maximum atomic E-state index is 10.4. The summed E-state index contributed by atoms with van der Waals surface area (Å²) in [5.74, 6) is 0. The molecule has 0 amide bonds. The molecule has 5 nitrogen and oxygen atoms in total. The Labute approximate surface area is 80.8 Å². The lowest BCUT2D eigenvalue weighted by Crippen LogP contribution is -2.31. The first kappa shape index (κ1) is 10.6. The van der Waals surface area contributed by atoms with Crippen molar-refractivity contribution in [1.29, 1.82) is 0 Å². The van der Waals surface area contributed by atoms with Crippen LogP contribution in [0.5, 0.6) is 0 Å². The van der Waals surface area contributed by atoms with E-state index < -0.39 is 23.7 Å². The highest BCUT2D eigenvalue weighted by Gasteiger charge is 2.29. The number of aliphatic hydroxyl groups excluding tert-OH is 2. The van der Waals surface area contributed by atoms with Crippen LogP contribution in [-0.2, 0) is 0 Å². The SMILES string of the molecule is O=[N+]([O-])[C@@H](CO)[C@H](O)c1ccccc1. The van der Waals surface area contributed by atoms with Crippen molar-refractivity contribution in [3.05, 3.63) is 46.0 Å². The lowest BCUT2D eigenvalue weighted by Gasteiger charge is -2.13. The maximum Gasteiger partial charge on any atom is 0.265 e. The zero-order valence-electron chi connectivity index (χ0n) is 7.41. The van der Waals surface area contributed by atoms with Crippen molar-refractivity contribution in [1.82, 2.24) is 0 Å². The number of nitro groups is 1. The molecule has 0 aromatic heterocycles. The van der Waals surface area contributed by atoms with Crippen molar-refractivity contribution < 1.29 is 15.1 Å². The molecule has 0 spiro atoms. The van der Waals surface area contributed by atoms with Crippen LogP contribution in [0.15, 0.2) is 30.3 Å². The summed E-state index contributed by atoms with van der Waals surface area (Å²) < 4.78 is 0. The summed E-state index contributed by atoms with van der Waals surface area (Å²) in [4.78, 5) is 9.75. The number of hydrogen-bond donors (Lipinski definition) is 2. The lowest BCUT2D eigenvalue weighted by molar-refractivity contribution is -0.539. The number of benzene rings is 1. The third-order valence-corrected chi connectivity index (χ3v) is 1.96. The summed E-state index contributed by atoms with van der Waals surface area (Å²) in [6.45, 7) is -0.678. The molecule has 2 N–H and O–H groups in total.